The fourth-order valence-corrected chi connectivity index (χ4v) is 3.40. The van der Waals surface area contributed by atoms with Crippen LogP contribution >= 0.6 is 0 Å². The predicted octanol–water partition coefficient (Wildman–Crippen LogP) is 2.02. The van der Waals surface area contributed by atoms with Crippen molar-refractivity contribution in [3.63, 3.8) is 0 Å². The molecule has 3 heterocycles. The van der Waals surface area contributed by atoms with E-state index in [4.69, 9.17) is 4.42 Å². The molecule has 2 aliphatic rings. The number of fused-ring (bicyclic) bond motifs is 2. The molecule has 0 radical (unpaired) electrons. The Hall–Kier alpha value is -1.29. The highest BCUT2D eigenvalue weighted by Crippen LogP contribution is 2.30. The first-order chi connectivity index (χ1) is 8.78. The van der Waals surface area contributed by atoms with Crippen LogP contribution in [0.25, 0.3) is 0 Å². The van der Waals surface area contributed by atoms with Gasteiger partial charge >= 0.3 is 0 Å². The van der Waals surface area contributed by atoms with Gasteiger partial charge in [-0.3, -0.25) is 4.79 Å². The summed E-state index contributed by atoms with van der Waals surface area (Å²) < 4.78 is 5.01. The lowest BCUT2D eigenvalue weighted by Gasteiger charge is -2.37. The maximum Gasteiger partial charge on any atom is 0.257 e. The highest BCUT2D eigenvalue weighted by atomic mass is 16.3. The van der Waals surface area contributed by atoms with Gasteiger partial charge in [0.2, 0.25) is 0 Å². The fourth-order valence-electron chi connectivity index (χ4n) is 3.40. The van der Waals surface area contributed by atoms with Gasteiger partial charge < -0.3 is 14.6 Å². The van der Waals surface area contributed by atoms with Crippen LogP contribution in [0.1, 0.15) is 43.0 Å². The molecular formula is C14H20N2O2. The third-order valence-electron chi connectivity index (χ3n) is 4.26. The summed E-state index contributed by atoms with van der Waals surface area (Å²) in [5, 5.41) is 3.62. The average Bonchev–Trinajstić information content (AvgIpc) is 3.00. The molecule has 1 aromatic rings. The Bertz CT molecular complexity index is 403. The maximum absolute atomic E-state index is 12.4. The van der Waals surface area contributed by atoms with Gasteiger partial charge in [0.15, 0.2) is 0 Å². The zero-order valence-corrected chi connectivity index (χ0v) is 10.8. The van der Waals surface area contributed by atoms with E-state index in [0.717, 1.165) is 19.4 Å². The molecule has 3 rings (SSSR count). The van der Waals surface area contributed by atoms with Gasteiger partial charge in [-0.15, -0.1) is 0 Å². The first-order valence-electron chi connectivity index (χ1n) is 6.87. The van der Waals surface area contributed by atoms with Crippen molar-refractivity contribution in [1.82, 2.24) is 10.2 Å². The SMILES string of the molecule is CCN(C(=O)c1ccoc1)C1CC2CCC(C1)N2. The lowest BCUT2D eigenvalue weighted by Crippen LogP contribution is -2.50. The second-order valence-corrected chi connectivity index (χ2v) is 5.37. The number of nitrogens with zero attached hydrogens (tertiary/aromatic N) is 1. The van der Waals surface area contributed by atoms with Crippen LogP contribution in [-0.2, 0) is 0 Å². The second-order valence-electron chi connectivity index (χ2n) is 5.37. The summed E-state index contributed by atoms with van der Waals surface area (Å²) in [6.07, 6.45) is 7.81. The number of rotatable bonds is 3. The molecule has 4 nitrogen and oxygen atoms in total. The van der Waals surface area contributed by atoms with E-state index in [1.165, 1.54) is 12.8 Å². The second kappa shape index (κ2) is 4.76. The third-order valence-corrected chi connectivity index (χ3v) is 4.26. The molecule has 4 heteroatoms. The number of amides is 1. The number of carbonyl (C=O) groups excluding carboxylic acids is 1. The van der Waals surface area contributed by atoms with Crippen molar-refractivity contribution in [1.29, 1.82) is 0 Å². The maximum atomic E-state index is 12.4. The Morgan fingerprint density at radius 3 is 2.72 bits per heavy atom. The summed E-state index contributed by atoms with van der Waals surface area (Å²) in [5.41, 5.74) is 0.669. The minimum Gasteiger partial charge on any atom is -0.472 e. The van der Waals surface area contributed by atoms with Crippen molar-refractivity contribution in [2.75, 3.05) is 6.54 Å². The van der Waals surface area contributed by atoms with Gasteiger partial charge in [0.1, 0.15) is 6.26 Å². The first-order valence-corrected chi connectivity index (χ1v) is 6.87. The predicted molar refractivity (Wildman–Crippen MR) is 68.4 cm³/mol. The molecule has 1 aromatic heterocycles. The molecule has 98 valence electrons. The minimum atomic E-state index is 0.109. The van der Waals surface area contributed by atoms with Gasteiger partial charge in [-0.25, -0.2) is 0 Å². The van der Waals surface area contributed by atoms with Gasteiger partial charge in [-0.1, -0.05) is 0 Å². The molecule has 18 heavy (non-hydrogen) atoms. The lowest BCUT2D eigenvalue weighted by molar-refractivity contribution is 0.0630. The van der Waals surface area contributed by atoms with Gasteiger partial charge in [-0.2, -0.15) is 0 Å². The summed E-state index contributed by atoms with van der Waals surface area (Å²) in [4.78, 5) is 14.4. The molecule has 2 unspecified atom stereocenters. The van der Waals surface area contributed by atoms with Crippen molar-refractivity contribution >= 4 is 5.91 Å². The van der Waals surface area contributed by atoms with Crippen LogP contribution < -0.4 is 5.32 Å². The standard InChI is InChI=1S/C14H20N2O2/c1-2-16(14(17)10-5-6-18-9-10)13-7-11-3-4-12(8-13)15-11/h5-6,9,11-13,15H,2-4,7-8H2,1H3. The van der Waals surface area contributed by atoms with Gasteiger partial charge in [-0.05, 0) is 38.7 Å². The first kappa shape index (κ1) is 11.8. The van der Waals surface area contributed by atoms with E-state index in [1.807, 2.05) is 4.90 Å². The van der Waals surface area contributed by atoms with Crippen LogP contribution in [-0.4, -0.2) is 35.5 Å². The van der Waals surface area contributed by atoms with Crippen LogP contribution in [0.2, 0.25) is 0 Å². The zero-order chi connectivity index (χ0) is 12.5. The highest BCUT2D eigenvalue weighted by Gasteiger charge is 2.37. The molecule has 2 fully saturated rings. The molecule has 1 N–H and O–H groups in total. The Morgan fingerprint density at radius 2 is 2.17 bits per heavy atom. The zero-order valence-electron chi connectivity index (χ0n) is 10.8. The number of carbonyl (C=O) groups is 1. The number of piperidine rings is 1. The van der Waals surface area contributed by atoms with E-state index >= 15 is 0 Å². The summed E-state index contributed by atoms with van der Waals surface area (Å²) in [6, 6.07) is 3.36. The monoisotopic (exact) mass is 248 g/mol. The average molecular weight is 248 g/mol. The van der Waals surface area contributed by atoms with Gasteiger partial charge in [0.25, 0.3) is 5.91 Å². The van der Waals surface area contributed by atoms with E-state index in [2.05, 4.69) is 12.2 Å². The molecule has 1 amide bonds. The van der Waals surface area contributed by atoms with E-state index < -0.39 is 0 Å². The summed E-state index contributed by atoms with van der Waals surface area (Å²) in [7, 11) is 0. The van der Waals surface area contributed by atoms with Crippen LogP contribution in [0.5, 0.6) is 0 Å². The van der Waals surface area contributed by atoms with Crippen molar-refractivity contribution in [2.45, 2.75) is 50.7 Å². The number of furan rings is 1. The van der Waals surface area contributed by atoms with Crippen molar-refractivity contribution < 1.29 is 9.21 Å². The van der Waals surface area contributed by atoms with E-state index in [1.54, 1.807) is 18.6 Å². The molecule has 0 aromatic carbocycles. The molecule has 0 spiro atoms. The fraction of sp³-hybridized carbons (Fsp3) is 0.643. The topological polar surface area (TPSA) is 45.5 Å². The molecule has 0 saturated carbocycles. The van der Waals surface area contributed by atoms with Crippen LogP contribution in [0.15, 0.2) is 23.0 Å². The largest absolute Gasteiger partial charge is 0.472 e. The smallest absolute Gasteiger partial charge is 0.257 e. The van der Waals surface area contributed by atoms with Gasteiger partial charge in [0.05, 0.1) is 11.8 Å². The number of hydrogen-bond donors (Lipinski definition) is 1. The summed E-state index contributed by atoms with van der Waals surface area (Å²) in [6.45, 7) is 2.83. The van der Waals surface area contributed by atoms with Crippen LogP contribution in [0.4, 0.5) is 0 Å². The minimum absolute atomic E-state index is 0.109. The van der Waals surface area contributed by atoms with E-state index in [0.29, 0.717) is 23.7 Å². The highest BCUT2D eigenvalue weighted by molar-refractivity contribution is 5.94. The van der Waals surface area contributed by atoms with Crippen LogP contribution in [0.3, 0.4) is 0 Å². The van der Waals surface area contributed by atoms with Crippen molar-refractivity contribution in [3.05, 3.63) is 24.2 Å². The van der Waals surface area contributed by atoms with Crippen LogP contribution in [0, 0.1) is 0 Å². The number of nitrogens with one attached hydrogen (secondary N) is 1. The molecule has 2 atom stereocenters. The normalized spacial score (nSPS) is 30.4. The van der Waals surface area contributed by atoms with Crippen molar-refractivity contribution in [2.24, 2.45) is 0 Å². The Balaban J connectivity index is 1.74. The molecular weight excluding hydrogens is 228 g/mol. The van der Waals surface area contributed by atoms with Gasteiger partial charge in [0, 0.05) is 24.7 Å². The number of hydrogen-bond acceptors (Lipinski definition) is 3. The quantitative estimate of drug-likeness (QED) is 0.890. The van der Waals surface area contributed by atoms with E-state index in [-0.39, 0.29) is 5.91 Å². The summed E-state index contributed by atoms with van der Waals surface area (Å²) in [5.74, 6) is 0.109. The molecule has 0 aliphatic carbocycles. The molecule has 2 bridgehead atoms. The lowest BCUT2D eigenvalue weighted by atomic mass is 9.97. The summed E-state index contributed by atoms with van der Waals surface area (Å²) >= 11 is 0. The Labute approximate surface area is 107 Å². The van der Waals surface area contributed by atoms with Crippen molar-refractivity contribution in [3.8, 4) is 0 Å². The molecule has 2 aliphatic heterocycles. The Kier molecular flexibility index (Phi) is 3.12. The van der Waals surface area contributed by atoms with E-state index in [9.17, 15) is 4.79 Å². The third kappa shape index (κ3) is 2.05. The Morgan fingerprint density at radius 1 is 1.44 bits per heavy atom. The molecule has 2 saturated heterocycles.